The van der Waals surface area contributed by atoms with E-state index >= 15 is 0 Å². The fourth-order valence-corrected chi connectivity index (χ4v) is 1.15. The van der Waals surface area contributed by atoms with Crippen molar-refractivity contribution in [1.82, 2.24) is 5.43 Å². The first-order chi connectivity index (χ1) is 7.15. The van der Waals surface area contributed by atoms with Gasteiger partial charge in [-0.25, -0.2) is 5.43 Å². The summed E-state index contributed by atoms with van der Waals surface area (Å²) in [6.07, 6.45) is 0.808. The standard InChI is InChI=1S/C11H13ClN2O/c1-3-8(2)13-14-11(15)9-6-4-5-7-10(9)12/h4-7H,3H2,1-2H3,(H,14,15). The van der Waals surface area contributed by atoms with E-state index in [2.05, 4.69) is 10.5 Å². The molecule has 1 amide bonds. The fraction of sp³-hybridized carbons (Fsp3) is 0.273. The molecule has 0 atom stereocenters. The molecule has 0 aromatic heterocycles. The Kier molecular flexibility index (Phi) is 4.31. The third-order valence-electron chi connectivity index (χ3n) is 1.98. The molecule has 0 saturated heterocycles. The van der Waals surface area contributed by atoms with E-state index in [1.165, 1.54) is 0 Å². The Morgan fingerprint density at radius 3 is 2.73 bits per heavy atom. The number of carbonyl (C=O) groups is 1. The van der Waals surface area contributed by atoms with Crippen molar-refractivity contribution in [3.05, 3.63) is 34.9 Å². The molecule has 1 N–H and O–H groups in total. The first-order valence-electron chi connectivity index (χ1n) is 4.73. The summed E-state index contributed by atoms with van der Waals surface area (Å²) in [7, 11) is 0. The number of rotatable bonds is 3. The van der Waals surface area contributed by atoms with Crippen molar-refractivity contribution < 1.29 is 4.79 Å². The molecule has 0 spiro atoms. The minimum absolute atomic E-state index is 0.284. The van der Waals surface area contributed by atoms with Crippen LogP contribution in [0.4, 0.5) is 0 Å². The maximum absolute atomic E-state index is 11.6. The summed E-state index contributed by atoms with van der Waals surface area (Å²) in [4.78, 5) is 11.6. The lowest BCUT2D eigenvalue weighted by Crippen LogP contribution is -2.19. The third-order valence-corrected chi connectivity index (χ3v) is 2.31. The van der Waals surface area contributed by atoms with Gasteiger partial charge in [0.1, 0.15) is 0 Å². The minimum Gasteiger partial charge on any atom is -0.267 e. The molecule has 15 heavy (non-hydrogen) atoms. The van der Waals surface area contributed by atoms with Crippen molar-refractivity contribution in [1.29, 1.82) is 0 Å². The van der Waals surface area contributed by atoms with E-state index in [1.54, 1.807) is 24.3 Å². The maximum atomic E-state index is 11.6. The van der Waals surface area contributed by atoms with Gasteiger partial charge in [-0.05, 0) is 25.5 Å². The molecule has 0 radical (unpaired) electrons. The van der Waals surface area contributed by atoms with Crippen molar-refractivity contribution in [2.24, 2.45) is 5.10 Å². The molecule has 0 unspecified atom stereocenters. The van der Waals surface area contributed by atoms with E-state index in [-0.39, 0.29) is 5.91 Å². The number of nitrogens with zero attached hydrogens (tertiary/aromatic N) is 1. The summed E-state index contributed by atoms with van der Waals surface area (Å²) >= 11 is 5.86. The van der Waals surface area contributed by atoms with E-state index in [0.717, 1.165) is 12.1 Å². The largest absolute Gasteiger partial charge is 0.272 e. The highest BCUT2D eigenvalue weighted by Gasteiger charge is 2.07. The number of hydrogen-bond acceptors (Lipinski definition) is 2. The lowest BCUT2D eigenvalue weighted by atomic mass is 10.2. The van der Waals surface area contributed by atoms with Crippen LogP contribution in [0, 0.1) is 0 Å². The second-order valence-corrected chi connectivity index (χ2v) is 3.53. The lowest BCUT2D eigenvalue weighted by molar-refractivity contribution is 0.0955. The van der Waals surface area contributed by atoms with Gasteiger partial charge in [-0.1, -0.05) is 30.7 Å². The molecular weight excluding hydrogens is 212 g/mol. The number of amides is 1. The van der Waals surface area contributed by atoms with Gasteiger partial charge in [0.25, 0.3) is 5.91 Å². The average Bonchev–Trinajstić information content (AvgIpc) is 2.26. The number of carbonyl (C=O) groups excluding carboxylic acids is 1. The quantitative estimate of drug-likeness (QED) is 0.623. The summed E-state index contributed by atoms with van der Waals surface area (Å²) in [6, 6.07) is 6.87. The molecule has 1 aromatic rings. The zero-order chi connectivity index (χ0) is 11.3. The Bertz CT molecular complexity index is 388. The van der Waals surface area contributed by atoms with Gasteiger partial charge in [-0.3, -0.25) is 4.79 Å². The lowest BCUT2D eigenvalue weighted by Gasteiger charge is -2.02. The normalized spacial score (nSPS) is 11.3. The second kappa shape index (κ2) is 5.51. The number of hydrazone groups is 1. The molecule has 0 heterocycles. The molecule has 0 aliphatic heterocycles. The van der Waals surface area contributed by atoms with Crippen LogP contribution in [0.15, 0.2) is 29.4 Å². The summed E-state index contributed by atoms with van der Waals surface area (Å²) in [6.45, 7) is 3.83. The van der Waals surface area contributed by atoms with Gasteiger partial charge in [-0.2, -0.15) is 5.10 Å². The predicted octanol–water partition coefficient (Wildman–Crippen LogP) is 2.86. The van der Waals surface area contributed by atoms with Crippen molar-refractivity contribution in [3.8, 4) is 0 Å². The van der Waals surface area contributed by atoms with Gasteiger partial charge in [0.15, 0.2) is 0 Å². The highest BCUT2D eigenvalue weighted by atomic mass is 35.5. The average molecular weight is 225 g/mol. The van der Waals surface area contributed by atoms with Gasteiger partial charge in [0, 0.05) is 5.71 Å². The Morgan fingerprint density at radius 2 is 2.13 bits per heavy atom. The summed E-state index contributed by atoms with van der Waals surface area (Å²) < 4.78 is 0. The predicted molar refractivity (Wildman–Crippen MR) is 62.3 cm³/mol. The molecule has 0 aliphatic carbocycles. The van der Waals surface area contributed by atoms with Gasteiger partial charge >= 0.3 is 0 Å². The van der Waals surface area contributed by atoms with Crippen LogP contribution in [-0.4, -0.2) is 11.6 Å². The molecule has 0 fully saturated rings. The molecule has 1 aromatic carbocycles. The van der Waals surface area contributed by atoms with E-state index in [4.69, 9.17) is 11.6 Å². The fourth-order valence-electron chi connectivity index (χ4n) is 0.931. The summed E-state index contributed by atoms with van der Waals surface area (Å²) in [5.41, 5.74) is 3.76. The van der Waals surface area contributed by atoms with Gasteiger partial charge in [-0.15, -0.1) is 0 Å². The number of halogens is 1. The molecular formula is C11H13ClN2O. The SMILES string of the molecule is CCC(C)=NNC(=O)c1ccccc1Cl. The van der Waals surface area contributed by atoms with E-state index < -0.39 is 0 Å². The maximum Gasteiger partial charge on any atom is 0.272 e. The van der Waals surface area contributed by atoms with E-state index in [9.17, 15) is 4.79 Å². The Morgan fingerprint density at radius 1 is 1.47 bits per heavy atom. The first-order valence-corrected chi connectivity index (χ1v) is 5.11. The zero-order valence-electron chi connectivity index (χ0n) is 8.75. The van der Waals surface area contributed by atoms with Gasteiger partial charge in [0.2, 0.25) is 0 Å². The molecule has 80 valence electrons. The number of hydrogen-bond donors (Lipinski definition) is 1. The van der Waals surface area contributed by atoms with Crippen LogP contribution in [-0.2, 0) is 0 Å². The molecule has 0 bridgehead atoms. The summed E-state index contributed by atoms with van der Waals surface area (Å²) in [5.74, 6) is -0.284. The highest BCUT2D eigenvalue weighted by Crippen LogP contribution is 2.14. The Labute approximate surface area is 94.1 Å². The molecule has 4 heteroatoms. The third kappa shape index (κ3) is 3.36. The van der Waals surface area contributed by atoms with Crippen molar-refractivity contribution in [2.45, 2.75) is 20.3 Å². The molecule has 0 aliphatic rings. The van der Waals surface area contributed by atoms with Crippen LogP contribution >= 0.6 is 11.6 Å². The van der Waals surface area contributed by atoms with E-state index in [0.29, 0.717) is 10.6 Å². The van der Waals surface area contributed by atoms with Gasteiger partial charge in [0.05, 0.1) is 10.6 Å². The molecule has 1 rings (SSSR count). The smallest absolute Gasteiger partial charge is 0.267 e. The summed E-state index contributed by atoms with van der Waals surface area (Å²) in [5, 5.41) is 4.35. The van der Waals surface area contributed by atoms with Crippen molar-refractivity contribution in [3.63, 3.8) is 0 Å². The molecule has 3 nitrogen and oxygen atoms in total. The van der Waals surface area contributed by atoms with Crippen LogP contribution in [0.3, 0.4) is 0 Å². The zero-order valence-corrected chi connectivity index (χ0v) is 9.51. The highest BCUT2D eigenvalue weighted by molar-refractivity contribution is 6.33. The molecule has 0 saturated carbocycles. The minimum atomic E-state index is -0.284. The van der Waals surface area contributed by atoms with Gasteiger partial charge < -0.3 is 0 Å². The first kappa shape index (κ1) is 11.7. The van der Waals surface area contributed by atoms with Crippen molar-refractivity contribution in [2.75, 3.05) is 0 Å². The topological polar surface area (TPSA) is 41.5 Å². The van der Waals surface area contributed by atoms with E-state index in [1.807, 2.05) is 13.8 Å². The monoisotopic (exact) mass is 224 g/mol. The Balaban J connectivity index is 2.74. The number of benzene rings is 1. The number of nitrogens with one attached hydrogen (secondary N) is 1. The van der Waals surface area contributed by atoms with Crippen LogP contribution < -0.4 is 5.43 Å². The van der Waals surface area contributed by atoms with Crippen molar-refractivity contribution >= 4 is 23.2 Å². The van der Waals surface area contributed by atoms with Crippen LogP contribution in [0.1, 0.15) is 30.6 Å². The Hall–Kier alpha value is -1.35. The van der Waals surface area contributed by atoms with Crippen LogP contribution in [0.5, 0.6) is 0 Å². The van der Waals surface area contributed by atoms with Crippen LogP contribution in [0.2, 0.25) is 5.02 Å². The van der Waals surface area contributed by atoms with Crippen LogP contribution in [0.25, 0.3) is 0 Å². The second-order valence-electron chi connectivity index (χ2n) is 3.12.